The lowest BCUT2D eigenvalue weighted by Gasteiger charge is -2.34. The van der Waals surface area contributed by atoms with Crippen molar-refractivity contribution in [3.05, 3.63) is 63.2 Å². The van der Waals surface area contributed by atoms with Crippen LogP contribution < -0.4 is 14.9 Å². The van der Waals surface area contributed by atoms with E-state index in [9.17, 15) is 15.2 Å². The van der Waals surface area contributed by atoms with Crippen LogP contribution in [-0.4, -0.2) is 31.1 Å². The molecule has 1 saturated heterocycles. The first-order valence-corrected chi connectivity index (χ1v) is 8.19. The van der Waals surface area contributed by atoms with Crippen molar-refractivity contribution < 1.29 is 14.9 Å². The number of hydrogen-bond donors (Lipinski definition) is 1. The van der Waals surface area contributed by atoms with Gasteiger partial charge in [0, 0.05) is 28.4 Å². The lowest BCUT2D eigenvalue weighted by Crippen LogP contribution is -3.13. The van der Waals surface area contributed by atoms with E-state index in [1.807, 2.05) is 24.3 Å². The van der Waals surface area contributed by atoms with Crippen LogP contribution in [0.1, 0.15) is 5.56 Å². The molecular formula is C17H18ClN3O3. The fourth-order valence-corrected chi connectivity index (χ4v) is 3.12. The van der Waals surface area contributed by atoms with Crippen molar-refractivity contribution in [3.63, 3.8) is 0 Å². The largest absolute Gasteiger partial charge is 0.872 e. The molecule has 0 spiro atoms. The molecule has 24 heavy (non-hydrogen) atoms. The number of rotatable bonds is 4. The number of quaternary nitrogens is 1. The number of nitrogens with one attached hydrogen (secondary N) is 1. The zero-order valence-corrected chi connectivity index (χ0v) is 13.8. The van der Waals surface area contributed by atoms with Crippen LogP contribution >= 0.6 is 11.6 Å². The molecule has 0 saturated carbocycles. The third-order valence-electron chi connectivity index (χ3n) is 4.36. The maximum atomic E-state index is 11.9. The Balaban J connectivity index is 1.62. The molecule has 0 aliphatic carbocycles. The molecule has 1 aliphatic heterocycles. The Morgan fingerprint density at radius 3 is 2.42 bits per heavy atom. The summed E-state index contributed by atoms with van der Waals surface area (Å²) in [6.07, 6.45) is 0. The van der Waals surface area contributed by atoms with Crippen LogP contribution in [0, 0.1) is 10.1 Å². The molecule has 0 unspecified atom stereocenters. The lowest BCUT2D eigenvalue weighted by atomic mass is 10.1. The smallest absolute Gasteiger partial charge is 0.269 e. The van der Waals surface area contributed by atoms with E-state index in [0.717, 1.165) is 36.9 Å². The Bertz CT molecular complexity index is 728. The molecule has 0 atom stereocenters. The van der Waals surface area contributed by atoms with E-state index in [2.05, 4.69) is 4.90 Å². The Morgan fingerprint density at radius 1 is 1.12 bits per heavy atom. The van der Waals surface area contributed by atoms with Gasteiger partial charge in [-0.15, -0.1) is 0 Å². The fraction of sp³-hybridized carbons (Fsp3) is 0.294. The molecule has 3 rings (SSSR count). The van der Waals surface area contributed by atoms with Gasteiger partial charge in [0.1, 0.15) is 6.54 Å². The van der Waals surface area contributed by atoms with Crippen molar-refractivity contribution in [2.45, 2.75) is 6.54 Å². The summed E-state index contributed by atoms with van der Waals surface area (Å²) >= 11 is 5.91. The number of nitro benzene ring substituents is 1. The summed E-state index contributed by atoms with van der Waals surface area (Å²) in [6.45, 7) is 4.03. The minimum atomic E-state index is -0.462. The van der Waals surface area contributed by atoms with Crippen molar-refractivity contribution in [3.8, 4) is 5.75 Å². The topological polar surface area (TPSA) is 73.9 Å². The highest BCUT2D eigenvalue weighted by atomic mass is 35.5. The van der Waals surface area contributed by atoms with Crippen molar-refractivity contribution >= 4 is 23.0 Å². The van der Waals surface area contributed by atoms with Gasteiger partial charge in [0.2, 0.25) is 0 Å². The van der Waals surface area contributed by atoms with E-state index in [1.165, 1.54) is 23.1 Å². The van der Waals surface area contributed by atoms with Crippen LogP contribution in [0.4, 0.5) is 11.4 Å². The fourth-order valence-electron chi connectivity index (χ4n) is 3.00. The number of halogens is 1. The molecule has 2 aromatic rings. The summed E-state index contributed by atoms with van der Waals surface area (Å²) in [6, 6.07) is 11.7. The van der Waals surface area contributed by atoms with Gasteiger partial charge in [0.05, 0.1) is 31.1 Å². The average Bonchev–Trinajstić information content (AvgIpc) is 2.58. The molecule has 0 radical (unpaired) electrons. The minimum Gasteiger partial charge on any atom is -0.872 e. The number of piperazine rings is 1. The second kappa shape index (κ2) is 7.07. The quantitative estimate of drug-likeness (QED) is 0.667. The lowest BCUT2D eigenvalue weighted by molar-refractivity contribution is -0.914. The van der Waals surface area contributed by atoms with Gasteiger partial charge in [-0.1, -0.05) is 23.4 Å². The average molecular weight is 348 g/mol. The Labute approximate surface area is 145 Å². The highest BCUT2D eigenvalue weighted by molar-refractivity contribution is 6.30. The third-order valence-corrected chi connectivity index (χ3v) is 4.61. The van der Waals surface area contributed by atoms with Gasteiger partial charge in [0.15, 0.2) is 0 Å². The molecule has 7 heteroatoms. The maximum Gasteiger partial charge on any atom is 0.269 e. The zero-order chi connectivity index (χ0) is 17.1. The predicted molar refractivity (Wildman–Crippen MR) is 90.6 cm³/mol. The molecule has 1 heterocycles. The molecular weight excluding hydrogens is 330 g/mol. The van der Waals surface area contributed by atoms with E-state index in [-0.39, 0.29) is 11.4 Å². The molecule has 2 aromatic carbocycles. The monoisotopic (exact) mass is 347 g/mol. The summed E-state index contributed by atoms with van der Waals surface area (Å²) in [5.74, 6) is -0.131. The Morgan fingerprint density at radius 2 is 1.79 bits per heavy atom. The Hall–Kier alpha value is -2.31. The van der Waals surface area contributed by atoms with Crippen molar-refractivity contribution in [2.75, 3.05) is 31.1 Å². The first-order valence-electron chi connectivity index (χ1n) is 7.81. The number of non-ortho nitro benzene ring substituents is 1. The van der Waals surface area contributed by atoms with Crippen molar-refractivity contribution in [1.29, 1.82) is 0 Å². The third kappa shape index (κ3) is 3.77. The molecule has 1 fully saturated rings. The first-order chi connectivity index (χ1) is 11.5. The summed E-state index contributed by atoms with van der Waals surface area (Å²) in [7, 11) is 0. The van der Waals surface area contributed by atoms with Gasteiger partial charge in [0.25, 0.3) is 5.69 Å². The first kappa shape index (κ1) is 16.5. The molecule has 126 valence electrons. The van der Waals surface area contributed by atoms with Crippen LogP contribution in [0.2, 0.25) is 5.02 Å². The summed E-state index contributed by atoms with van der Waals surface area (Å²) in [5, 5.41) is 23.5. The zero-order valence-electron chi connectivity index (χ0n) is 13.1. The van der Waals surface area contributed by atoms with Crippen LogP contribution in [0.5, 0.6) is 5.75 Å². The highest BCUT2D eigenvalue weighted by Crippen LogP contribution is 2.20. The van der Waals surface area contributed by atoms with Crippen LogP contribution in [-0.2, 0) is 6.54 Å². The van der Waals surface area contributed by atoms with Gasteiger partial charge < -0.3 is 14.9 Å². The number of nitrogens with zero attached hydrogens (tertiary/aromatic N) is 2. The molecule has 0 amide bonds. The van der Waals surface area contributed by atoms with Gasteiger partial charge in [-0.25, -0.2) is 0 Å². The van der Waals surface area contributed by atoms with E-state index in [1.54, 1.807) is 0 Å². The Kier molecular flexibility index (Phi) is 4.87. The van der Waals surface area contributed by atoms with Gasteiger partial charge in [-0.05, 0) is 24.3 Å². The number of hydrogen-bond acceptors (Lipinski definition) is 4. The van der Waals surface area contributed by atoms with E-state index in [4.69, 9.17) is 11.6 Å². The van der Waals surface area contributed by atoms with Gasteiger partial charge in [-0.2, -0.15) is 0 Å². The highest BCUT2D eigenvalue weighted by Gasteiger charge is 2.21. The molecule has 0 aromatic heterocycles. The van der Waals surface area contributed by atoms with Crippen LogP contribution in [0.3, 0.4) is 0 Å². The summed E-state index contributed by atoms with van der Waals surface area (Å²) in [5.41, 5.74) is 1.63. The molecule has 0 bridgehead atoms. The van der Waals surface area contributed by atoms with E-state index < -0.39 is 4.92 Å². The summed E-state index contributed by atoms with van der Waals surface area (Å²) < 4.78 is 0. The standard InChI is InChI=1S/C17H18ClN3O3/c18-14-1-3-15(4-2-14)20-9-7-19(8-10-20)12-13-11-16(21(23)24)5-6-17(13)22/h1-6,11,22H,7-10,12H2. The number of anilines is 1. The molecule has 1 aliphatic rings. The number of nitro groups is 1. The SMILES string of the molecule is O=[N+]([O-])c1ccc([O-])c(C[NH+]2CCN(c3ccc(Cl)cc3)CC2)c1. The predicted octanol–water partition coefficient (Wildman–Crippen LogP) is 1.23. The number of benzene rings is 2. The summed E-state index contributed by atoms with van der Waals surface area (Å²) in [4.78, 5) is 13.9. The van der Waals surface area contributed by atoms with E-state index in [0.29, 0.717) is 12.1 Å². The second-order valence-corrected chi connectivity index (χ2v) is 6.38. The molecule has 6 nitrogen and oxygen atoms in total. The second-order valence-electron chi connectivity index (χ2n) is 5.94. The maximum absolute atomic E-state index is 11.9. The minimum absolute atomic E-state index is 0.0243. The van der Waals surface area contributed by atoms with Crippen LogP contribution in [0.25, 0.3) is 0 Å². The normalized spacial score (nSPS) is 15.5. The molecule has 1 N–H and O–H groups in total. The van der Waals surface area contributed by atoms with Crippen LogP contribution in [0.15, 0.2) is 42.5 Å². The van der Waals surface area contributed by atoms with Gasteiger partial charge >= 0.3 is 0 Å². The van der Waals surface area contributed by atoms with Crippen molar-refractivity contribution in [2.24, 2.45) is 0 Å². The van der Waals surface area contributed by atoms with E-state index >= 15 is 0 Å². The van der Waals surface area contributed by atoms with Crippen molar-refractivity contribution in [1.82, 2.24) is 0 Å². The van der Waals surface area contributed by atoms with Gasteiger partial charge in [-0.3, -0.25) is 10.1 Å².